The molecule has 17 heavy (non-hydrogen) atoms. The lowest BCUT2D eigenvalue weighted by Crippen LogP contribution is -2.51. The monoisotopic (exact) mass is 232 g/mol. The first-order chi connectivity index (χ1) is 8.29. The quantitative estimate of drug-likeness (QED) is 0.766. The molecule has 1 fully saturated rings. The van der Waals surface area contributed by atoms with Crippen molar-refractivity contribution in [2.24, 2.45) is 5.92 Å². The van der Waals surface area contributed by atoms with Crippen LogP contribution in [0.1, 0.15) is 0 Å². The maximum absolute atomic E-state index is 11.3. The van der Waals surface area contributed by atoms with Crippen molar-refractivity contribution in [3.05, 3.63) is 18.6 Å². The van der Waals surface area contributed by atoms with Crippen molar-refractivity contribution in [1.82, 2.24) is 15.0 Å². The highest BCUT2D eigenvalue weighted by Gasteiger charge is 2.35. The molecule has 6 heteroatoms. The maximum Gasteiger partial charge on any atom is 0.312 e. The van der Waals surface area contributed by atoms with Crippen LogP contribution in [0, 0.1) is 5.92 Å². The third-order valence-electron chi connectivity index (χ3n) is 3.05. The van der Waals surface area contributed by atoms with Gasteiger partial charge in [0.25, 0.3) is 0 Å². The molecule has 0 amide bonds. The van der Waals surface area contributed by atoms with Crippen molar-refractivity contribution in [1.29, 1.82) is 0 Å². The van der Waals surface area contributed by atoms with Gasteiger partial charge in [-0.15, -0.1) is 0 Å². The molecule has 6 nitrogen and oxygen atoms in total. The maximum atomic E-state index is 11.3. The summed E-state index contributed by atoms with van der Waals surface area (Å²) in [5, 5.41) is 0.982. The molecule has 3 heterocycles. The lowest BCUT2D eigenvalue weighted by molar-refractivity contribution is -0.146. The number of methoxy groups -OCH3 is 1. The molecule has 0 aromatic carbocycles. The van der Waals surface area contributed by atoms with Crippen molar-refractivity contribution in [3.8, 4) is 0 Å². The third kappa shape index (κ3) is 1.52. The Morgan fingerprint density at radius 1 is 1.53 bits per heavy atom. The number of ether oxygens (including phenoxy) is 1. The summed E-state index contributed by atoms with van der Waals surface area (Å²) < 4.78 is 4.71. The fourth-order valence-corrected chi connectivity index (χ4v) is 2.08. The number of nitrogens with zero attached hydrogens (tertiary/aromatic N) is 3. The number of carbonyl (C=O) groups excluding carboxylic acids is 1. The van der Waals surface area contributed by atoms with Crippen LogP contribution >= 0.6 is 0 Å². The Morgan fingerprint density at radius 2 is 2.35 bits per heavy atom. The Labute approximate surface area is 97.6 Å². The summed E-state index contributed by atoms with van der Waals surface area (Å²) in [6.45, 7) is 1.31. The number of hydrogen-bond acceptors (Lipinski definition) is 5. The number of carbonyl (C=O) groups is 1. The molecule has 0 bridgehead atoms. The van der Waals surface area contributed by atoms with Crippen LogP contribution in [0.25, 0.3) is 11.0 Å². The van der Waals surface area contributed by atoms with Gasteiger partial charge in [-0.25, -0.2) is 9.97 Å². The van der Waals surface area contributed by atoms with Gasteiger partial charge in [-0.2, -0.15) is 0 Å². The molecular formula is C11H12N4O2. The van der Waals surface area contributed by atoms with E-state index in [1.807, 2.05) is 12.3 Å². The van der Waals surface area contributed by atoms with Gasteiger partial charge in [0.1, 0.15) is 17.8 Å². The van der Waals surface area contributed by atoms with Gasteiger partial charge < -0.3 is 14.6 Å². The molecule has 0 aliphatic carbocycles. The molecular weight excluding hydrogens is 220 g/mol. The van der Waals surface area contributed by atoms with E-state index >= 15 is 0 Å². The normalized spacial score (nSPS) is 15.9. The lowest BCUT2D eigenvalue weighted by atomic mass is 10.0. The van der Waals surface area contributed by atoms with E-state index in [2.05, 4.69) is 19.9 Å². The number of fused-ring (bicyclic) bond motifs is 1. The van der Waals surface area contributed by atoms with E-state index in [4.69, 9.17) is 4.74 Å². The Kier molecular flexibility index (Phi) is 2.21. The number of aromatic amines is 1. The fraction of sp³-hybridized carbons (Fsp3) is 0.364. The van der Waals surface area contributed by atoms with Gasteiger partial charge in [0.15, 0.2) is 0 Å². The van der Waals surface area contributed by atoms with Crippen molar-refractivity contribution >= 4 is 22.8 Å². The molecule has 2 aromatic heterocycles. The summed E-state index contributed by atoms with van der Waals surface area (Å²) in [5.41, 5.74) is 0.816. The summed E-state index contributed by atoms with van der Waals surface area (Å²) in [6, 6.07) is 1.94. The molecule has 2 aromatic rings. The fourth-order valence-electron chi connectivity index (χ4n) is 2.08. The number of anilines is 1. The molecule has 1 saturated heterocycles. The molecule has 0 saturated carbocycles. The number of nitrogens with one attached hydrogen (secondary N) is 1. The first-order valence-corrected chi connectivity index (χ1v) is 5.40. The van der Waals surface area contributed by atoms with Crippen LogP contribution in [0.15, 0.2) is 18.6 Å². The van der Waals surface area contributed by atoms with Gasteiger partial charge in [0, 0.05) is 19.3 Å². The minimum absolute atomic E-state index is 0.0380. The summed E-state index contributed by atoms with van der Waals surface area (Å²) in [4.78, 5) is 24.8. The summed E-state index contributed by atoms with van der Waals surface area (Å²) in [6.07, 6.45) is 3.36. The second-order valence-corrected chi connectivity index (χ2v) is 4.06. The van der Waals surface area contributed by atoms with E-state index in [1.54, 1.807) is 0 Å². The van der Waals surface area contributed by atoms with Crippen LogP contribution in [0.4, 0.5) is 5.82 Å². The van der Waals surface area contributed by atoms with Gasteiger partial charge in [0.2, 0.25) is 0 Å². The minimum atomic E-state index is -0.152. The zero-order valence-electron chi connectivity index (χ0n) is 9.38. The molecule has 1 N–H and O–H groups in total. The SMILES string of the molecule is COC(=O)C1CN(c2ncnc3[nH]ccc23)C1. The van der Waals surface area contributed by atoms with E-state index in [0.717, 1.165) is 16.9 Å². The van der Waals surface area contributed by atoms with Crippen LogP contribution in [-0.4, -0.2) is 41.1 Å². The van der Waals surface area contributed by atoms with Gasteiger partial charge in [-0.3, -0.25) is 4.79 Å². The van der Waals surface area contributed by atoms with E-state index in [0.29, 0.717) is 13.1 Å². The molecule has 3 rings (SSSR count). The Hall–Kier alpha value is -2.11. The zero-order valence-corrected chi connectivity index (χ0v) is 9.38. The first kappa shape index (κ1) is 10.1. The van der Waals surface area contributed by atoms with E-state index in [1.165, 1.54) is 13.4 Å². The van der Waals surface area contributed by atoms with E-state index in [9.17, 15) is 4.79 Å². The summed E-state index contributed by atoms with van der Waals surface area (Å²) >= 11 is 0. The Morgan fingerprint density at radius 3 is 3.12 bits per heavy atom. The Balaban J connectivity index is 1.83. The number of rotatable bonds is 2. The number of H-pyrrole nitrogens is 1. The average Bonchev–Trinajstić information content (AvgIpc) is 2.75. The molecule has 0 radical (unpaired) electrons. The predicted molar refractivity (Wildman–Crippen MR) is 61.6 cm³/mol. The highest BCUT2D eigenvalue weighted by atomic mass is 16.5. The molecule has 0 spiro atoms. The van der Waals surface area contributed by atoms with Crippen molar-refractivity contribution < 1.29 is 9.53 Å². The second-order valence-electron chi connectivity index (χ2n) is 4.06. The van der Waals surface area contributed by atoms with Crippen LogP contribution in [-0.2, 0) is 9.53 Å². The second kappa shape index (κ2) is 3.73. The molecule has 1 aliphatic heterocycles. The Bertz CT molecular complexity index is 559. The molecule has 88 valence electrons. The highest BCUT2D eigenvalue weighted by Crippen LogP contribution is 2.28. The zero-order chi connectivity index (χ0) is 11.8. The summed E-state index contributed by atoms with van der Waals surface area (Å²) in [5.74, 6) is 0.681. The van der Waals surface area contributed by atoms with Gasteiger partial charge in [-0.1, -0.05) is 0 Å². The van der Waals surface area contributed by atoms with Crippen LogP contribution in [0.2, 0.25) is 0 Å². The molecule has 0 unspecified atom stereocenters. The number of aromatic nitrogens is 3. The number of esters is 1. The van der Waals surface area contributed by atoms with Crippen molar-refractivity contribution in [3.63, 3.8) is 0 Å². The molecule has 0 atom stereocenters. The summed E-state index contributed by atoms with van der Waals surface area (Å²) in [7, 11) is 1.42. The van der Waals surface area contributed by atoms with Crippen LogP contribution < -0.4 is 4.90 Å². The topological polar surface area (TPSA) is 71.1 Å². The van der Waals surface area contributed by atoms with Gasteiger partial charge >= 0.3 is 5.97 Å². The van der Waals surface area contributed by atoms with E-state index in [-0.39, 0.29) is 11.9 Å². The van der Waals surface area contributed by atoms with Gasteiger partial charge in [0.05, 0.1) is 18.4 Å². The average molecular weight is 232 g/mol. The number of hydrogen-bond donors (Lipinski definition) is 1. The predicted octanol–water partition coefficient (Wildman–Crippen LogP) is 0.567. The van der Waals surface area contributed by atoms with Crippen LogP contribution in [0.5, 0.6) is 0 Å². The highest BCUT2D eigenvalue weighted by molar-refractivity contribution is 5.88. The standard InChI is InChI=1S/C11H12N4O2/c1-17-11(16)7-4-15(5-7)10-8-2-3-12-9(8)13-6-14-10/h2-3,6-7H,4-5H2,1H3,(H,12,13,14). The lowest BCUT2D eigenvalue weighted by Gasteiger charge is -2.38. The van der Waals surface area contributed by atoms with E-state index < -0.39 is 0 Å². The largest absolute Gasteiger partial charge is 0.469 e. The smallest absolute Gasteiger partial charge is 0.312 e. The van der Waals surface area contributed by atoms with Gasteiger partial charge in [-0.05, 0) is 6.07 Å². The first-order valence-electron chi connectivity index (χ1n) is 5.40. The third-order valence-corrected chi connectivity index (χ3v) is 3.05. The van der Waals surface area contributed by atoms with Crippen LogP contribution in [0.3, 0.4) is 0 Å². The minimum Gasteiger partial charge on any atom is -0.469 e. The van der Waals surface area contributed by atoms with Crippen molar-refractivity contribution in [2.75, 3.05) is 25.1 Å². The van der Waals surface area contributed by atoms with Crippen molar-refractivity contribution in [2.45, 2.75) is 0 Å². The molecule has 1 aliphatic rings.